The van der Waals surface area contributed by atoms with Crippen LogP contribution in [0.2, 0.25) is 0 Å². The van der Waals surface area contributed by atoms with E-state index in [2.05, 4.69) is 29.2 Å². The van der Waals surface area contributed by atoms with Gasteiger partial charge in [0.25, 0.3) is 0 Å². The second kappa shape index (κ2) is 4.23. The Labute approximate surface area is 91.5 Å². The number of hydrogen-bond donors (Lipinski definition) is 1. The number of rotatable bonds is 2. The molecule has 1 aromatic carbocycles. The molecule has 1 fully saturated rings. The molecule has 0 amide bonds. The molecule has 1 aromatic rings. The first-order valence-electron chi connectivity index (χ1n) is 5.64. The normalized spacial score (nSPS) is 25.5. The summed E-state index contributed by atoms with van der Waals surface area (Å²) in [6, 6.07) is 8.55. The van der Waals surface area contributed by atoms with E-state index >= 15 is 0 Å². The van der Waals surface area contributed by atoms with Gasteiger partial charge in [-0.2, -0.15) is 0 Å². The van der Waals surface area contributed by atoms with E-state index in [4.69, 9.17) is 0 Å². The number of anilines is 1. The van der Waals surface area contributed by atoms with Crippen LogP contribution in [0.3, 0.4) is 0 Å². The second-order valence-electron chi connectivity index (χ2n) is 4.59. The van der Waals surface area contributed by atoms with Crippen LogP contribution in [0.1, 0.15) is 30.7 Å². The van der Waals surface area contributed by atoms with Gasteiger partial charge in [0.05, 0.1) is 6.10 Å². The smallest absolute Gasteiger partial charge is 0.0608 e. The molecule has 1 aliphatic carbocycles. The highest BCUT2D eigenvalue weighted by atomic mass is 16.3. The molecule has 82 valence electrons. The maximum atomic E-state index is 9.81. The van der Waals surface area contributed by atoms with Crippen molar-refractivity contribution >= 4 is 5.69 Å². The average molecular weight is 205 g/mol. The third kappa shape index (κ3) is 2.15. The molecule has 0 unspecified atom stereocenters. The van der Waals surface area contributed by atoms with Crippen LogP contribution in [0.5, 0.6) is 0 Å². The van der Waals surface area contributed by atoms with E-state index in [1.807, 2.05) is 14.1 Å². The van der Waals surface area contributed by atoms with Gasteiger partial charge in [0.15, 0.2) is 0 Å². The highest BCUT2D eigenvalue weighted by Gasteiger charge is 2.26. The van der Waals surface area contributed by atoms with Crippen LogP contribution < -0.4 is 4.90 Å². The van der Waals surface area contributed by atoms with Crippen molar-refractivity contribution in [2.45, 2.75) is 31.3 Å². The molecule has 1 saturated carbocycles. The maximum absolute atomic E-state index is 9.81. The minimum atomic E-state index is -0.129. The number of benzene rings is 1. The van der Waals surface area contributed by atoms with Crippen LogP contribution in [0, 0.1) is 0 Å². The fourth-order valence-corrected chi connectivity index (χ4v) is 2.35. The van der Waals surface area contributed by atoms with Gasteiger partial charge in [0.1, 0.15) is 0 Å². The lowest BCUT2D eigenvalue weighted by Gasteiger charge is -2.17. The number of aliphatic hydroxyl groups is 1. The molecular weight excluding hydrogens is 186 g/mol. The summed E-state index contributed by atoms with van der Waals surface area (Å²) < 4.78 is 0. The van der Waals surface area contributed by atoms with Crippen LogP contribution in [-0.4, -0.2) is 25.3 Å². The molecule has 2 atom stereocenters. The van der Waals surface area contributed by atoms with E-state index < -0.39 is 0 Å². The fraction of sp³-hybridized carbons (Fsp3) is 0.538. The van der Waals surface area contributed by atoms with E-state index in [0.717, 1.165) is 19.3 Å². The van der Waals surface area contributed by atoms with E-state index in [0.29, 0.717) is 5.92 Å². The van der Waals surface area contributed by atoms with Crippen LogP contribution >= 0.6 is 0 Å². The summed E-state index contributed by atoms with van der Waals surface area (Å²) in [6.45, 7) is 0. The summed E-state index contributed by atoms with van der Waals surface area (Å²) in [5.74, 6) is 0.362. The fourth-order valence-electron chi connectivity index (χ4n) is 2.35. The third-order valence-electron chi connectivity index (χ3n) is 3.32. The molecule has 15 heavy (non-hydrogen) atoms. The minimum absolute atomic E-state index is 0.129. The molecule has 0 radical (unpaired) electrons. The van der Waals surface area contributed by atoms with Crippen molar-refractivity contribution in [1.82, 2.24) is 0 Å². The highest BCUT2D eigenvalue weighted by molar-refractivity contribution is 5.46. The molecule has 0 spiro atoms. The quantitative estimate of drug-likeness (QED) is 0.801. The molecule has 0 saturated heterocycles. The predicted molar refractivity (Wildman–Crippen MR) is 63.4 cm³/mol. The second-order valence-corrected chi connectivity index (χ2v) is 4.59. The molecule has 2 nitrogen and oxygen atoms in total. The standard InChI is InChI=1S/C13H19NO/c1-14(2)11-8-6-10(7-9-11)12-4-3-5-13(12)15/h6-9,12-13,15H,3-5H2,1-2H3/t12-,13-/m1/s1. The molecule has 0 aliphatic heterocycles. The van der Waals surface area contributed by atoms with Gasteiger partial charge in [-0.3, -0.25) is 0 Å². The van der Waals surface area contributed by atoms with Crippen LogP contribution in [0.25, 0.3) is 0 Å². The van der Waals surface area contributed by atoms with Crippen molar-refractivity contribution < 1.29 is 5.11 Å². The highest BCUT2D eigenvalue weighted by Crippen LogP contribution is 2.34. The summed E-state index contributed by atoms with van der Waals surface area (Å²) >= 11 is 0. The lowest BCUT2D eigenvalue weighted by atomic mass is 9.95. The third-order valence-corrected chi connectivity index (χ3v) is 3.32. The number of aliphatic hydroxyl groups excluding tert-OH is 1. The zero-order valence-electron chi connectivity index (χ0n) is 9.48. The van der Waals surface area contributed by atoms with Gasteiger partial charge in [0, 0.05) is 25.7 Å². The molecule has 2 heteroatoms. The number of nitrogens with zero attached hydrogens (tertiary/aromatic N) is 1. The van der Waals surface area contributed by atoms with Gasteiger partial charge in [-0.15, -0.1) is 0 Å². The van der Waals surface area contributed by atoms with Gasteiger partial charge in [-0.25, -0.2) is 0 Å². The molecule has 0 heterocycles. The Balaban J connectivity index is 2.16. The maximum Gasteiger partial charge on any atom is 0.0608 e. The summed E-state index contributed by atoms with van der Waals surface area (Å²) in [5.41, 5.74) is 2.50. The molecular formula is C13H19NO. The Bertz CT molecular complexity index is 318. The van der Waals surface area contributed by atoms with Crippen molar-refractivity contribution in [3.63, 3.8) is 0 Å². The molecule has 0 bridgehead atoms. The minimum Gasteiger partial charge on any atom is -0.392 e. The average Bonchev–Trinajstić information content (AvgIpc) is 2.65. The van der Waals surface area contributed by atoms with Crippen molar-refractivity contribution in [1.29, 1.82) is 0 Å². The summed E-state index contributed by atoms with van der Waals surface area (Å²) in [4.78, 5) is 2.09. The first kappa shape index (κ1) is 10.5. The topological polar surface area (TPSA) is 23.5 Å². The van der Waals surface area contributed by atoms with Crippen molar-refractivity contribution in [3.8, 4) is 0 Å². The van der Waals surface area contributed by atoms with Gasteiger partial charge < -0.3 is 10.0 Å². The zero-order chi connectivity index (χ0) is 10.8. The summed E-state index contributed by atoms with van der Waals surface area (Å²) in [6.07, 6.45) is 3.11. The van der Waals surface area contributed by atoms with Gasteiger partial charge in [-0.05, 0) is 30.5 Å². The zero-order valence-corrected chi connectivity index (χ0v) is 9.48. The molecule has 1 N–H and O–H groups in total. The first-order valence-corrected chi connectivity index (χ1v) is 5.64. The molecule has 2 rings (SSSR count). The van der Waals surface area contributed by atoms with E-state index in [9.17, 15) is 5.11 Å². The lowest BCUT2D eigenvalue weighted by molar-refractivity contribution is 0.164. The van der Waals surface area contributed by atoms with Crippen LogP contribution in [-0.2, 0) is 0 Å². The van der Waals surface area contributed by atoms with Crippen LogP contribution in [0.15, 0.2) is 24.3 Å². The van der Waals surface area contributed by atoms with Gasteiger partial charge in [-0.1, -0.05) is 18.6 Å². The van der Waals surface area contributed by atoms with E-state index in [1.54, 1.807) is 0 Å². The Morgan fingerprint density at radius 2 is 1.80 bits per heavy atom. The van der Waals surface area contributed by atoms with Gasteiger partial charge >= 0.3 is 0 Å². The van der Waals surface area contributed by atoms with E-state index in [1.165, 1.54) is 11.3 Å². The Kier molecular flexibility index (Phi) is 2.96. The molecule has 0 aromatic heterocycles. The Morgan fingerprint density at radius 3 is 2.27 bits per heavy atom. The Hall–Kier alpha value is -1.02. The van der Waals surface area contributed by atoms with Gasteiger partial charge in [0.2, 0.25) is 0 Å². The van der Waals surface area contributed by atoms with Crippen molar-refractivity contribution in [2.75, 3.05) is 19.0 Å². The van der Waals surface area contributed by atoms with Crippen molar-refractivity contribution in [3.05, 3.63) is 29.8 Å². The van der Waals surface area contributed by atoms with Crippen LogP contribution in [0.4, 0.5) is 5.69 Å². The first-order chi connectivity index (χ1) is 7.18. The van der Waals surface area contributed by atoms with Crippen molar-refractivity contribution in [2.24, 2.45) is 0 Å². The monoisotopic (exact) mass is 205 g/mol. The largest absolute Gasteiger partial charge is 0.392 e. The summed E-state index contributed by atoms with van der Waals surface area (Å²) in [5, 5.41) is 9.81. The Morgan fingerprint density at radius 1 is 1.13 bits per heavy atom. The van der Waals surface area contributed by atoms with E-state index in [-0.39, 0.29) is 6.10 Å². The summed E-state index contributed by atoms with van der Waals surface area (Å²) in [7, 11) is 4.08. The lowest BCUT2D eigenvalue weighted by Crippen LogP contribution is -2.12. The number of hydrogen-bond acceptors (Lipinski definition) is 2. The SMILES string of the molecule is CN(C)c1ccc([C@H]2CCC[C@H]2O)cc1. The molecule has 1 aliphatic rings. The predicted octanol–water partition coefficient (Wildman–Crippen LogP) is 2.38.